The second kappa shape index (κ2) is 7.83. The van der Waals surface area contributed by atoms with Gasteiger partial charge in [0.2, 0.25) is 0 Å². The molecule has 0 radical (unpaired) electrons. The standard InChI is InChI=1S/C23H19NO2Se/c1-16-10-8-9-15-19(16)20-22(27-18-13-6-3-7-14-18)21(26-23(25)24-20)17-11-4-2-5-12-17/h2-15,20H,1H3,(H,24,25)/t20-/m0/s1. The van der Waals surface area contributed by atoms with Gasteiger partial charge in [-0.15, -0.1) is 0 Å². The van der Waals surface area contributed by atoms with E-state index in [1.807, 2.05) is 60.7 Å². The number of ether oxygens (including phenoxy) is 1. The summed E-state index contributed by atoms with van der Waals surface area (Å²) in [5.74, 6) is 0.677. The van der Waals surface area contributed by atoms with E-state index < -0.39 is 6.09 Å². The van der Waals surface area contributed by atoms with E-state index in [2.05, 4.69) is 36.5 Å². The van der Waals surface area contributed by atoms with Crippen molar-refractivity contribution in [3.05, 3.63) is 106 Å². The monoisotopic (exact) mass is 421 g/mol. The summed E-state index contributed by atoms with van der Waals surface area (Å²) in [6.07, 6.45) is -0.408. The zero-order valence-corrected chi connectivity index (χ0v) is 16.6. The van der Waals surface area contributed by atoms with E-state index in [-0.39, 0.29) is 21.0 Å². The third-order valence-electron chi connectivity index (χ3n) is 4.45. The Morgan fingerprint density at radius 2 is 1.48 bits per heavy atom. The Morgan fingerprint density at radius 3 is 2.19 bits per heavy atom. The van der Waals surface area contributed by atoms with Crippen LogP contribution in [0.1, 0.15) is 22.7 Å². The predicted octanol–water partition coefficient (Wildman–Crippen LogP) is 4.17. The first-order valence-corrected chi connectivity index (χ1v) is 10.5. The molecule has 3 nitrogen and oxygen atoms in total. The van der Waals surface area contributed by atoms with Crippen molar-refractivity contribution in [1.82, 2.24) is 5.32 Å². The van der Waals surface area contributed by atoms with Crippen LogP contribution in [0.2, 0.25) is 0 Å². The number of rotatable bonds is 4. The maximum atomic E-state index is 12.4. The zero-order chi connectivity index (χ0) is 18.6. The summed E-state index contributed by atoms with van der Waals surface area (Å²) in [4.78, 5) is 12.4. The molecule has 0 bridgehead atoms. The Balaban J connectivity index is 1.88. The molecule has 1 aliphatic rings. The Morgan fingerprint density at radius 1 is 0.852 bits per heavy atom. The molecule has 0 aliphatic carbocycles. The third-order valence-corrected chi connectivity index (χ3v) is 6.86. The van der Waals surface area contributed by atoms with Gasteiger partial charge in [0, 0.05) is 0 Å². The molecule has 3 aromatic carbocycles. The quantitative estimate of drug-likeness (QED) is 0.644. The van der Waals surface area contributed by atoms with Crippen LogP contribution in [0.25, 0.3) is 5.76 Å². The molecule has 1 aliphatic heterocycles. The van der Waals surface area contributed by atoms with Gasteiger partial charge in [-0.2, -0.15) is 0 Å². The van der Waals surface area contributed by atoms with E-state index in [1.165, 1.54) is 4.46 Å². The van der Waals surface area contributed by atoms with Crippen LogP contribution in [0, 0.1) is 6.92 Å². The maximum absolute atomic E-state index is 12.4. The minimum absolute atomic E-state index is 0.00703. The summed E-state index contributed by atoms with van der Waals surface area (Å²) in [7, 11) is 0. The second-order valence-electron chi connectivity index (χ2n) is 6.30. The Bertz CT molecular complexity index is 984. The fraction of sp³-hybridized carbons (Fsp3) is 0.0870. The average Bonchev–Trinajstić information content (AvgIpc) is 2.71. The van der Waals surface area contributed by atoms with E-state index in [0.717, 1.165) is 21.2 Å². The molecule has 4 rings (SSSR count). The van der Waals surface area contributed by atoms with Gasteiger partial charge in [-0.1, -0.05) is 0 Å². The topological polar surface area (TPSA) is 38.3 Å². The number of hydrogen-bond donors (Lipinski definition) is 1. The second-order valence-corrected chi connectivity index (χ2v) is 8.64. The van der Waals surface area contributed by atoms with Gasteiger partial charge in [-0.05, 0) is 0 Å². The van der Waals surface area contributed by atoms with Crippen molar-refractivity contribution in [2.75, 3.05) is 0 Å². The molecule has 3 aromatic rings. The van der Waals surface area contributed by atoms with E-state index >= 15 is 0 Å². The molecule has 1 N–H and O–H groups in total. The van der Waals surface area contributed by atoms with E-state index in [4.69, 9.17) is 4.74 Å². The number of nitrogens with one attached hydrogen (secondary N) is 1. The molecular weight excluding hydrogens is 401 g/mol. The van der Waals surface area contributed by atoms with Crippen molar-refractivity contribution in [3.8, 4) is 0 Å². The molecule has 4 heteroatoms. The number of cyclic esters (lactones) is 1. The van der Waals surface area contributed by atoms with Crippen molar-refractivity contribution in [3.63, 3.8) is 0 Å². The molecule has 0 fully saturated rings. The number of carbonyl (C=O) groups is 1. The van der Waals surface area contributed by atoms with Crippen LogP contribution < -0.4 is 9.78 Å². The van der Waals surface area contributed by atoms with Crippen molar-refractivity contribution in [2.24, 2.45) is 0 Å². The van der Waals surface area contributed by atoms with Gasteiger partial charge >= 0.3 is 165 Å². The van der Waals surface area contributed by atoms with Gasteiger partial charge < -0.3 is 0 Å². The van der Waals surface area contributed by atoms with Crippen molar-refractivity contribution in [2.45, 2.75) is 13.0 Å². The van der Waals surface area contributed by atoms with Gasteiger partial charge in [0.25, 0.3) is 0 Å². The summed E-state index contributed by atoms with van der Waals surface area (Å²) < 4.78 is 8.06. The average molecular weight is 420 g/mol. The molecule has 1 atom stereocenters. The van der Waals surface area contributed by atoms with E-state index in [0.29, 0.717) is 5.76 Å². The van der Waals surface area contributed by atoms with Crippen molar-refractivity contribution >= 4 is 31.3 Å². The van der Waals surface area contributed by atoms with Gasteiger partial charge in [-0.3, -0.25) is 0 Å². The number of benzene rings is 3. The Hall–Kier alpha value is -2.81. The first kappa shape index (κ1) is 17.6. The first-order valence-electron chi connectivity index (χ1n) is 8.79. The molecule has 0 unspecified atom stereocenters. The molecule has 0 saturated carbocycles. The van der Waals surface area contributed by atoms with Gasteiger partial charge in [0.15, 0.2) is 0 Å². The molecule has 134 valence electrons. The van der Waals surface area contributed by atoms with Crippen LogP contribution in [-0.2, 0) is 4.74 Å². The van der Waals surface area contributed by atoms with Crippen LogP contribution >= 0.6 is 0 Å². The van der Waals surface area contributed by atoms with Crippen LogP contribution in [0.15, 0.2) is 89.4 Å². The summed E-state index contributed by atoms with van der Waals surface area (Å²) in [5, 5.41) is 3.04. The molecule has 0 spiro atoms. The fourth-order valence-electron chi connectivity index (χ4n) is 3.13. The van der Waals surface area contributed by atoms with Crippen molar-refractivity contribution < 1.29 is 9.53 Å². The number of amides is 1. The number of aryl methyl sites for hydroxylation is 1. The van der Waals surface area contributed by atoms with Gasteiger partial charge in [0.05, 0.1) is 0 Å². The molecule has 1 amide bonds. The van der Waals surface area contributed by atoms with E-state index in [9.17, 15) is 4.79 Å². The molecule has 27 heavy (non-hydrogen) atoms. The van der Waals surface area contributed by atoms with Gasteiger partial charge in [-0.25, -0.2) is 0 Å². The van der Waals surface area contributed by atoms with Crippen LogP contribution in [-0.4, -0.2) is 21.1 Å². The third kappa shape index (κ3) is 3.82. The summed E-state index contributed by atoms with van der Waals surface area (Å²) in [6, 6.07) is 28.2. The minimum atomic E-state index is -0.408. The number of alkyl carbamates (subject to hydrolysis) is 1. The normalized spacial score (nSPS) is 16.6. The molecule has 0 aromatic heterocycles. The SMILES string of the molecule is Cc1ccccc1[C@@H]1NC(=O)OC(c2ccccc2)=C1[Se]c1ccccc1. The number of hydrogen-bond acceptors (Lipinski definition) is 2. The fourth-order valence-corrected chi connectivity index (χ4v) is 5.44. The summed E-state index contributed by atoms with van der Waals surface area (Å²) in [5.41, 5.74) is 3.19. The van der Waals surface area contributed by atoms with Gasteiger partial charge in [0.1, 0.15) is 0 Å². The van der Waals surface area contributed by atoms with Crippen molar-refractivity contribution in [1.29, 1.82) is 0 Å². The first-order chi connectivity index (χ1) is 13.2. The predicted molar refractivity (Wildman–Crippen MR) is 109 cm³/mol. The van der Waals surface area contributed by atoms with E-state index in [1.54, 1.807) is 0 Å². The molecule has 1 heterocycles. The van der Waals surface area contributed by atoms with Crippen LogP contribution in [0.4, 0.5) is 4.79 Å². The number of carbonyl (C=O) groups excluding carboxylic acids is 1. The Labute approximate surface area is 165 Å². The molecule has 0 saturated heterocycles. The Kier molecular flexibility index (Phi) is 5.10. The molecular formula is C23H19NO2Se. The zero-order valence-electron chi connectivity index (χ0n) is 14.9. The van der Waals surface area contributed by atoms with Crippen LogP contribution in [0.5, 0.6) is 0 Å². The summed E-state index contributed by atoms with van der Waals surface area (Å²) >= 11 is 0.00703. The summed E-state index contributed by atoms with van der Waals surface area (Å²) in [6.45, 7) is 2.08. The van der Waals surface area contributed by atoms with Crippen LogP contribution in [0.3, 0.4) is 0 Å².